The number of alkyl halides is 3. The minimum absolute atomic E-state index is 0.0195. The topological polar surface area (TPSA) is 156 Å². The third kappa shape index (κ3) is 7.86. The molecular weight excluding hydrogens is 635 g/mol. The Balaban J connectivity index is 1.56. The molecule has 1 amide bonds. The van der Waals surface area contributed by atoms with Crippen LogP contribution in [0.25, 0.3) is 11.1 Å². The van der Waals surface area contributed by atoms with E-state index < -0.39 is 60.0 Å². The second-order valence-electron chi connectivity index (χ2n) is 10.7. The lowest BCUT2D eigenvalue weighted by atomic mass is 9.81. The molecule has 0 saturated carbocycles. The molecule has 248 valence electrons. The molecule has 10 nitrogen and oxygen atoms in total. The van der Waals surface area contributed by atoms with Crippen molar-refractivity contribution in [3.05, 3.63) is 119 Å². The fourth-order valence-corrected chi connectivity index (χ4v) is 4.82. The van der Waals surface area contributed by atoms with Crippen LogP contribution in [0, 0.1) is 6.92 Å². The fraction of sp³-hybridized carbons (Fsp3) is 0.171. The quantitative estimate of drug-likeness (QED) is 0.0988. The van der Waals surface area contributed by atoms with Crippen LogP contribution in [0.5, 0.6) is 5.75 Å². The van der Waals surface area contributed by atoms with Crippen LogP contribution in [-0.4, -0.2) is 46.6 Å². The van der Waals surface area contributed by atoms with Crippen molar-refractivity contribution in [2.75, 3.05) is 11.9 Å². The molecule has 0 heterocycles. The third-order valence-electron chi connectivity index (χ3n) is 7.29. The first kappa shape index (κ1) is 34.9. The van der Waals surface area contributed by atoms with E-state index in [1.54, 1.807) is 25.1 Å². The number of carbonyl (C=O) groups is 5. The van der Waals surface area contributed by atoms with Crippen LogP contribution in [0.4, 0.5) is 18.9 Å². The monoisotopic (exact) mass is 663 g/mol. The van der Waals surface area contributed by atoms with Crippen molar-refractivity contribution in [1.82, 2.24) is 0 Å². The molecule has 0 aliphatic rings. The Kier molecular flexibility index (Phi) is 10.3. The summed E-state index contributed by atoms with van der Waals surface area (Å²) in [6.07, 6.45) is -5.02. The lowest BCUT2D eigenvalue weighted by molar-refractivity contribution is -0.164. The smallest absolute Gasteiger partial charge is 0.416 e. The summed E-state index contributed by atoms with van der Waals surface area (Å²) in [5.41, 5.74) is -1.73. The van der Waals surface area contributed by atoms with Gasteiger partial charge in [-0.1, -0.05) is 66.2 Å². The van der Waals surface area contributed by atoms with Crippen molar-refractivity contribution in [3.8, 4) is 16.9 Å². The zero-order chi connectivity index (χ0) is 35.2. The van der Waals surface area contributed by atoms with Crippen molar-refractivity contribution in [2.24, 2.45) is 0 Å². The number of benzene rings is 4. The summed E-state index contributed by atoms with van der Waals surface area (Å²) >= 11 is 0. The van der Waals surface area contributed by atoms with E-state index in [1.165, 1.54) is 60.7 Å². The minimum atomic E-state index is -4.54. The van der Waals surface area contributed by atoms with Crippen LogP contribution in [0.1, 0.15) is 39.5 Å². The summed E-state index contributed by atoms with van der Waals surface area (Å²) in [5, 5.41) is 22.2. The second-order valence-corrected chi connectivity index (χ2v) is 10.7. The van der Waals surface area contributed by atoms with Crippen molar-refractivity contribution < 1.29 is 56.8 Å². The molecule has 4 rings (SSSR count). The summed E-state index contributed by atoms with van der Waals surface area (Å²) < 4.78 is 49.7. The molecule has 0 fully saturated rings. The number of ether oxygens (including phenoxy) is 2. The maximum absolute atomic E-state index is 13.5. The zero-order valence-electron chi connectivity index (χ0n) is 25.5. The van der Waals surface area contributed by atoms with E-state index in [1.807, 2.05) is 0 Å². The van der Waals surface area contributed by atoms with Gasteiger partial charge in [0.2, 0.25) is 5.41 Å². The van der Waals surface area contributed by atoms with Crippen LogP contribution < -0.4 is 10.1 Å². The summed E-state index contributed by atoms with van der Waals surface area (Å²) in [5.74, 6) is -6.04. The number of halogens is 3. The van der Waals surface area contributed by atoms with Crippen molar-refractivity contribution >= 4 is 35.5 Å². The number of hydrogen-bond acceptors (Lipinski definition) is 7. The van der Waals surface area contributed by atoms with Crippen LogP contribution in [0.2, 0.25) is 0 Å². The SMILES string of the molecule is CC(=O)Oc1cc(CC(=O)OCC(C(=O)O)(C(=O)O)c2ccccc2)ccc1NC(=O)c1ccc(C)cc1-c1ccc(C(F)(F)F)cc1. The molecule has 3 N–H and O–H groups in total. The number of anilines is 1. The normalized spacial score (nSPS) is 11.4. The number of carbonyl (C=O) groups excluding carboxylic acids is 3. The molecule has 0 saturated heterocycles. The van der Waals surface area contributed by atoms with Gasteiger partial charge in [-0.3, -0.25) is 24.0 Å². The second kappa shape index (κ2) is 14.2. The highest BCUT2D eigenvalue weighted by atomic mass is 19.4. The number of esters is 2. The Bertz CT molecular complexity index is 1860. The van der Waals surface area contributed by atoms with Gasteiger partial charge in [-0.2, -0.15) is 13.2 Å². The van der Waals surface area contributed by atoms with Gasteiger partial charge in [0.25, 0.3) is 5.91 Å². The number of aryl methyl sites for hydroxylation is 1. The average Bonchev–Trinajstić information content (AvgIpc) is 3.02. The fourth-order valence-electron chi connectivity index (χ4n) is 4.82. The summed E-state index contributed by atoms with van der Waals surface area (Å²) in [7, 11) is 0. The van der Waals surface area contributed by atoms with Crippen molar-refractivity contribution in [1.29, 1.82) is 0 Å². The molecule has 48 heavy (non-hydrogen) atoms. The average molecular weight is 664 g/mol. The maximum Gasteiger partial charge on any atom is 0.416 e. The minimum Gasteiger partial charge on any atom is -0.480 e. The number of rotatable bonds is 11. The Morgan fingerprint density at radius 1 is 0.792 bits per heavy atom. The van der Waals surface area contributed by atoms with E-state index in [2.05, 4.69) is 5.32 Å². The lowest BCUT2D eigenvalue weighted by Gasteiger charge is -2.25. The number of carboxylic acid groups (broad SMARTS) is 2. The molecular formula is C35H28F3NO9. The lowest BCUT2D eigenvalue weighted by Crippen LogP contribution is -2.48. The van der Waals surface area contributed by atoms with Crippen LogP contribution in [-0.2, 0) is 41.9 Å². The van der Waals surface area contributed by atoms with Gasteiger partial charge in [0.15, 0.2) is 5.75 Å². The highest BCUT2D eigenvalue weighted by molar-refractivity contribution is 6.09. The van der Waals surface area contributed by atoms with Gasteiger partial charge in [-0.15, -0.1) is 0 Å². The number of aliphatic carboxylic acids is 2. The molecule has 4 aromatic carbocycles. The first-order valence-electron chi connectivity index (χ1n) is 14.2. The molecule has 0 radical (unpaired) electrons. The van der Waals surface area contributed by atoms with Gasteiger partial charge in [0.1, 0.15) is 6.61 Å². The molecule has 0 aromatic heterocycles. The van der Waals surface area contributed by atoms with E-state index >= 15 is 0 Å². The molecule has 13 heteroatoms. The Labute approximate surface area is 271 Å². The molecule has 0 aliphatic heterocycles. The van der Waals surface area contributed by atoms with E-state index in [0.29, 0.717) is 11.1 Å². The number of hydrogen-bond donors (Lipinski definition) is 3. The van der Waals surface area contributed by atoms with Crippen molar-refractivity contribution in [2.45, 2.75) is 31.9 Å². The van der Waals surface area contributed by atoms with Crippen molar-refractivity contribution in [3.63, 3.8) is 0 Å². The first-order chi connectivity index (χ1) is 22.6. The highest BCUT2D eigenvalue weighted by Gasteiger charge is 2.50. The predicted octanol–water partition coefficient (Wildman–Crippen LogP) is 6.05. The molecule has 4 aromatic rings. The van der Waals surface area contributed by atoms with Crippen LogP contribution >= 0.6 is 0 Å². The van der Waals surface area contributed by atoms with Gasteiger partial charge in [-0.25, -0.2) is 0 Å². The van der Waals surface area contributed by atoms with E-state index in [0.717, 1.165) is 24.6 Å². The number of carboxylic acids is 2. The summed E-state index contributed by atoms with van der Waals surface area (Å²) in [6, 6.07) is 20.2. The third-order valence-corrected chi connectivity index (χ3v) is 7.29. The molecule has 0 atom stereocenters. The van der Waals surface area contributed by atoms with E-state index in [9.17, 15) is 47.4 Å². The van der Waals surface area contributed by atoms with Gasteiger partial charge in [0, 0.05) is 12.5 Å². The molecule has 0 unspecified atom stereocenters. The number of amides is 1. The zero-order valence-corrected chi connectivity index (χ0v) is 25.5. The molecule has 0 bridgehead atoms. The standard InChI is InChI=1S/C35H28F3NO9/c1-20-8-14-26(27(16-20)23-10-12-25(13-11-23)35(36,37)38)31(42)39-28-15-9-22(17-29(28)48-21(2)40)18-30(41)47-19-34(32(43)44,33(45)46)24-6-4-3-5-7-24/h3-17H,18-19H2,1-2H3,(H,39,42)(H,43,44)(H,45,46). The molecule has 0 spiro atoms. The largest absolute Gasteiger partial charge is 0.480 e. The van der Waals surface area contributed by atoms with Gasteiger partial charge < -0.3 is 25.0 Å². The van der Waals surface area contributed by atoms with E-state index in [4.69, 9.17) is 9.47 Å². The summed E-state index contributed by atoms with van der Waals surface area (Å²) in [6.45, 7) is 1.85. The van der Waals surface area contributed by atoms with Gasteiger partial charge in [-0.05, 0) is 59.5 Å². The van der Waals surface area contributed by atoms with Gasteiger partial charge >= 0.3 is 30.1 Å². The van der Waals surface area contributed by atoms with Gasteiger partial charge in [0.05, 0.1) is 17.7 Å². The summed E-state index contributed by atoms with van der Waals surface area (Å²) in [4.78, 5) is 62.2. The van der Waals surface area contributed by atoms with Crippen LogP contribution in [0.15, 0.2) is 91.0 Å². The number of nitrogens with one attached hydrogen (secondary N) is 1. The highest BCUT2D eigenvalue weighted by Crippen LogP contribution is 2.34. The maximum atomic E-state index is 13.5. The van der Waals surface area contributed by atoms with Crippen LogP contribution in [0.3, 0.4) is 0 Å². The predicted molar refractivity (Wildman–Crippen MR) is 165 cm³/mol. The Morgan fingerprint density at radius 2 is 1.44 bits per heavy atom. The Morgan fingerprint density at radius 3 is 2.02 bits per heavy atom. The van der Waals surface area contributed by atoms with E-state index in [-0.39, 0.29) is 28.1 Å². The first-order valence-corrected chi connectivity index (χ1v) is 14.2. The Hall–Kier alpha value is -5.98. The molecule has 0 aliphatic carbocycles.